The van der Waals surface area contributed by atoms with E-state index in [0.717, 1.165) is 11.6 Å². The summed E-state index contributed by atoms with van der Waals surface area (Å²) in [4.78, 5) is 10.0. The van der Waals surface area contributed by atoms with Gasteiger partial charge < -0.3 is 16.8 Å². The molecule has 3 rings (SSSR count). The fourth-order valence-corrected chi connectivity index (χ4v) is 2.64. The van der Waals surface area contributed by atoms with Crippen molar-refractivity contribution in [2.45, 2.75) is 19.1 Å². The number of nitrogens with zero attached hydrogens (tertiary/aromatic N) is 3. The molecule has 0 aliphatic carbocycles. The summed E-state index contributed by atoms with van der Waals surface area (Å²) in [6, 6.07) is 5.38. The van der Waals surface area contributed by atoms with E-state index in [9.17, 15) is 13.2 Å². The number of alkyl halides is 3. The summed E-state index contributed by atoms with van der Waals surface area (Å²) in [6.45, 7) is 1.62. The number of anilines is 3. The molecule has 0 radical (unpaired) electrons. The average molecular weight is 338 g/mol. The van der Waals surface area contributed by atoms with Crippen molar-refractivity contribution in [2.75, 3.05) is 30.0 Å². The molecule has 5 N–H and O–H groups in total. The first-order valence-electron chi connectivity index (χ1n) is 7.37. The molecule has 9 heteroatoms. The van der Waals surface area contributed by atoms with Crippen LogP contribution in [0.5, 0.6) is 0 Å². The second-order valence-corrected chi connectivity index (χ2v) is 5.63. The van der Waals surface area contributed by atoms with Crippen molar-refractivity contribution in [3.05, 3.63) is 41.0 Å². The van der Waals surface area contributed by atoms with Crippen molar-refractivity contribution >= 4 is 17.6 Å². The normalized spacial score (nSPS) is 15.0. The van der Waals surface area contributed by atoms with Crippen molar-refractivity contribution in [1.29, 1.82) is 0 Å². The Hall–Kier alpha value is -2.55. The Morgan fingerprint density at radius 3 is 2.75 bits per heavy atom. The van der Waals surface area contributed by atoms with E-state index in [0.29, 0.717) is 43.4 Å². The molecule has 2 aromatic rings. The molecule has 2 heterocycles. The summed E-state index contributed by atoms with van der Waals surface area (Å²) in [5.74, 6) is 1.03. The molecule has 0 bridgehead atoms. The minimum atomic E-state index is -4.33. The molecule has 0 amide bonds. The number of hydrogen-bond acceptors (Lipinski definition) is 6. The first kappa shape index (κ1) is 16.3. The molecule has 1 aliphatic heterocycles. The zero-order chi connectivity index (χ0) is 17.3. The number of halogens is 3. The van der Waals surface area contributed by atoms with Gasteiger partial charge >= 0.3 is 6.18 Å². The highest BCUT2D eigenvalue weighted by molar-refractivity contribution is 5.59. The molecule has 1 aromatic heterocycles. The van der Waals surface area contributed by atoms with Gasteiger partial charge in [-0.25, -0.2) is 0 Å². The summed E-state index contributed by atoms with van der Waals surface area (Å²) in [6.07, 6.45) is -3.83. The van der Waals surface area contributed by atoms with E-state index in [1.807, 2.05) is 4.90 Å². The van der Waals surface area contributed by atoms with E-state index in [4.69, 9.17) is 11.5 Å². The van der Waals surface area contributed by atoms with Crippen LogP contribution >= 0.6 is 0 Å². The third-order valence-corrected chi connectivity index (χ3v) is 3.88. The lowest BCUT2D eigenvalue weighted by Gasteiger charge is -2.29. The van der Waals surface area contributed by atoms with Gasteiger partial charge in [0.05, 0.1) is 17.8 Å². The maximum absolute atomic E-state index is 12.7. The predicted molar refractivity (Wildman–Crippen MR) is 84.9 cm³/mol. The molecule has 0 atom stereocenters. The quantitative estimate of drug-likeness (QED) is 0.793. The summed E-state index contributed by atoms with van der Waals surface area (Å²) in [7, 11) is 0. The monoisotopic (exact) mass is 338 g/mol. The molecule has 0 spiro atoms. The molecular weight excluding hydrogens is 321 g/mol. The minimum Gasteiger partial charge on any atom is -0.383 e. The van der Waals surface area contributed by atoms with Gasteiger partial charge in [-0.1, -0.05) is 18.2 Å². The Morgan fingerprint density at radius 2 is 2.00 bits per heavy atom. The number of rotatable bonds is 3. The first-order chi connectivity index (χ1) is 11.3. The number of fused-ring (bicyclic) bond motifs is 1. The Labute approximate surface area is 136 Å². The van der Waals surface area contributed by atoms with Gasteiger partial charge in [-0.3, -0.25) is 4.90 Å². The second-order valence-electron chi connectivity index (χ2n) is 5.63. The fraction of sp³-hybridized carbons (Fsp3) is 0.333. The van der Waals surface area contributed by atoms with Crippen LogP contribution in [0.15, 0.2) is 24.3 Å². The Kier molecular flexibility index (Phi) is 4.18. The third kappa shape index (κ3) is 3.51. The molecule has 0 fully saturated rings. The maximum atomic E-state index is 12.7. The second kappa shape index (κ2) is 6.16. The zero-order valence-corrected chi connectivity index (χ0v) is 12.8. The average Bonchev–Trinajstić information content (AvgIpc) is 2.52. The molecule has 1 aliphatic rings. The van der Waals surface area contributed by atoms with Gasteiger partial charge in [-0.2, -0.15) is 23.1 Å². The van der Waals surface area contributed by atoms with Gasteiger partial charge in [-0.15, -0.1) is 0 Å². The van der Waals surface area contributed by atoms with E-state index in [1.165, 1.54) is 12.1 Å². The van der Waals surface area contributed by atoms with E-state index < -0.39 is 11.7 Å². The van der Waals surface area contributed by atoms with Crippen LogP contribution in [-0.2, 0) is 19.1 Å². The lowest BCUT2D eigenvalue weighted by atomic mass is 10.1. The molecular formula is C15H17F3N6. The van der Waals surface area contributed by atoms with Gasteiger partial charge in [-0.05, 0) is 18.1 Å². The highest BCUT2D eigenvalue weighted by atomic mass is 19.4. The van der Waals surface area contributed by atoms with Gasteiger partial charge in [0.15, 0.2) is 0 Å². The topological polar surface area (TPSA) is 93.1 Å². The fourth-order valence-electron chi connectivity index (χ4n) is 2.64. The van der Waals surface area contributed by atoms with Crippen molar-refractivity contribution in [2.24, 2.45) is 0 Å². The van der Waals surface area contributed by atoms with Crippen LogP contribution in [0, 0.1) is 0 Å². The van der Waals surface area contributed by atoms with Crippen molar-refractivity contribution < 1.29 is 13.2 Å². The number of nitrogens with two attached hydrogens (primary N) is 2. The van der Waals surface area contributed by atoms with Crippen molar-refractivity contribution in [3.8, 4) is 0 Å². The number of hydrogen-bond donors (Lipinski definition) is 3. The highest BCUT2D eigenvalue weighted by Gasteiger charge is 2.30. The smallest absolute Gasteiger partial charge is 0.383 e. The third-order valence-electron chi connectivity index (χ3n) is 3.88. The van der Waals surface area contributed by atoms with Gasteiger partial charge in [0.1, 0.15) is 11.6 Å². The van der Waals surface area contributed by atoms with E-state index in [1.54, 1.807) is 6.07 Å². The summed E-state index contributed by atoms with van der Waals surface area (Å²) >= 11 is 0. The highest BCUT2D eigenvalue weighted by Crippen LogP contribution is 2.30. The minimum absolute atomic E-state index is 0.108. The standard InChI is InChI=1S/C15H17F3N6/c16-15(17,18)10-3-1-2-9(6-10)4-5-24-7-11-12(19)22-14(20)23-13(11)21-8-24/h1-3,6H,4-5,7-8H2,(H5,19,20,21,22,23). The molecule has 0 saturated heterocycles. The van der Waals surface area contributed by atoms with Crippen LogP contribution in [0.3, 0.4) is 0 Å². The van der Waals surface area contributed by atoms with Gasteiger partial charge in [0.2, 0.25) is 5.95 Å². The van der Waals surface area contributed by atoms with E-state index in [2.05, 4.69) is 15.3 Å². The molecule has 0 saturated carbocycles. The van der Waals surface area contributed by atoms with E-state index >= 15 is 0 Å². The van der Waals surface area contributed by atoms with E-state index in [-0.39, 0.29) is 5.95 Å². The van der Waals surface area contributed by atoms with Crippen LogP contribution in [0.2, 0.25) is 0 Å². The predicted octanol–water partition coefficient (Wildman–Crippen LogP) is 2.09. The van der Waals surface area contributed by atoms with Crippen LogP contribution in [0.25, 0.3) is 0 Å². The van der Waals surface area contributed by atoms with Crippen LogP contribution in [0.4, 0.5) is 30.8 Å². The summed E-state index contributed by atoms with van der Waals surface area (Å²) in [5.41, 5.74) is 12.2. The van der Waals surface area contributed by atoms with Crippen molar-refractivity contribution in [3.63, 3.8) is 0 Å². The summed E-state index contributed by atoms with van der Waals surface area (Å²) < 4.78 is 38.2. The number of aromatic nitrogens is 2. The Bertz CT molecular complexity index is 746. The molecule has 6 nitrogen and oxygen atoms in total. The van der Waals surface area contributed by atoms with Gasteiger partial charge in [0, 0.05) is 13.1 Å². The Morgan fingerprint density at radius 1 is 1.21 bits per heavy atom. The lowest BCUT2D eigenvalue weighted by Crippen LogP contribution is -2.36. The largest absolute Gasteiger partial charge is 0.416 e. The Balaban J connectivity index is 1.66. The molecule has 24 heavy (non-hydrogen) atoms. The number of nitrogen functional groups attached to an aromatic ring is 2. The number of nitrogens with one attached hydrogen (secondary N) is 1. The zero-order valence-electron chi connectivity index (χ0n) is 12.8. The van der Waals surface area contributed by atoms with Crippen LogP contribution in [0.1, 0.15) is 16.7 Å². The van der Waals surface area contributed by atoms with Crippen molar-refractivity contribution in [1.82, 2.24) is 14.9 Å². The SMILES string of the molecule is Nc1nc(N)c2c(n1)NCN(CCc1cccc(C(F)(F)F)c1)C2. The van der Waals surface area contributed by atoms with Gasteiger partial charge in [0.25, 0.3) is 0 Å². The lowest BCUT2D eigenvalue weighted by molar-refractivity contribution is -0.137. The summed E-state index contributed by atoms with van der Waals surface area (Å²) in [5, 5.41) is 3.10. The van der Waals surface area contributed by atoms with Crippen LogP contribution < -0.4 is 16.8 Å². The number of benzene rings is 1. The molecule has 1 aromatic carbocycles. The molecule has 128 valence electrons. The first-order valence-corrected chi connectivity index (χ1v) is 7.37. The maximum Gasteiger partial charge on any atom is 0.416 e. The molecule has 0 unspecified atom stereocenters. The van der Waals surface area contributed by atoms with Crippen LogP contribution in [-0.4, -0.2) is 28.1 Å².